The maximum Gasteiger partial charge on any atom is 0.422 e. The summed E-state index contributed by atoms with van der Waals surface area (Å²) >= 11 is 0. The van der Waals surface area contributed by atoms with Gasteiger partial charge in [0, 0.05) is 12.6 Å². The number of rotatable bonds is 1. The standard InChI is InChI=1S/C11H16F3NO2/c12-11(13,14)7-17-10(16)15-6-2-4-8-3-1-5-9(8)15/h8-9H,1-7H2. The highest BCUT2D eigenvalue weighted by Gasteiger charge is 2.39. The Labute approximate surface area is 97.9 Å². The van der Waals surface area contributed by atoms with Gasteiger partial charge in [0.25, 0.3) is 0 Å². The van der Waals surface area contributed by atoms with E-state index in [1.165, 1.54) is 4.90 Å². The summed E-state index contributed by atoms with van der Waals surface area (Å²) in [5.74, 6) is 0.460. The lowest BCUT2D eigenvalue weighted by Crippen LogP contribution is -2.47. The van der Waals surface area contributed by atoms with Crippen molar-refractivity contribution in [3.8, 4) is 0 Å². The smallest absolute Gasteiger partial charge is 0.422 e. The highest BCUT2D eigenvalue weighted by Crippen LogP contribution is 2.37. The Hall–Kier alpha value is -0.940. The number of carbonyl (C=O) groups excluding carboxylic acids is 1. The molecule has 2 unspecified atom stereocenters. The van der Waals surface area contributed by atoms with Crippen LogP contribution in [0.3, 0.4) is 0 Å². The van der Waals surface area contributed by atoms with Gasteiger partial charge < -0.3 is 9.64 Å². The van der Waals surface area contributed by atoms with Gasteiger partial charge in [-0.15, -0.1) is 0 Å². The normalized spacial score (nSPS) is 29.0. The number of carbonyl (C=O) groups is 1. The van der Waals surface area contributed by atoms with Crippen molar-refractivity contribution >= 4 is 6.09 Å². The molecule has 0 aromatic rings. The van der Waals surface area contributed by atoms with Crippen LogP contribution in [0.5, 0.6) is 0 Å². The number of likely N-dealkylation sites (tertiary alicyclic amines) is 1. The van der Waals surface area contributed by atoms with Crippen molar-refractivity contribution in [3.63, 3.8) is 0 Å². The van der Waals surface area contributed by atoms with Crippen molar-refractivity contribution in [1.82, 2.24) is 4.90 Å². The van der Waals surface area contributed by atoms with Crippen molar-refractivity contribution in [3.05, 3.63) is 0 Å². The third-order valence-corrected chi connectivity index (χ3v) is 3.59. The Balaban J connectivity index is 1.90. The Kier molecular flexibility index (Phi) is 3.49. The average Bonchev–Trinajstić information content (AvgIpc) is 2.72. The fraction of sp³-hybridized carbons (Fsp3) is 0.909. The van der Waals surface area contributed by atoms with Crippen molar-refractivity contribution in [1.29, 1.82) is 0 Å². The number of fused-ring (bicyclic) bond motifs is 1. The summed E-state index contributed by atoms with van der Waals surface area (Å²) in [6.45, 7) is -0.961. The number of hydrogen-bond donors (Lipinski definition) is 0. The van der Waals surface area contributed by atoms with E-state index in [-0.39, 0.29) is 6.04 Å². The molecule has 2 fully saturated rings. The molecule has 0 N–H and O–H groups in total. The fourth-order valence-electron chi connectivity index (χ4n) is 2.91. The highest BCUT2D eigenvalue weighted by molar-refractivity contribution is 5.68. The van der Waals surface area contributed by atoms with Gasteiger partial charge >= 0.3 is 12.3 Å². The first-order valence-corrected chi connectivity index (χ1v) is 5.97. The van der Waals surface area contributed by atoms with Gasteiger partial charge in [-0.05, 0) is 31.6 Å². The van der Waals surface area contributed by atoms with E-state index in [0.29, 0.717) is 12.5 Å². The number of alkyl halides is 3. The van der Waals surface area contributed by atoms with Gasteiger partial charge in [-0.3, -0.25) is 0 Å². The molecule has 1 aliphatic carbocycles. The molecule has 1 heterocycles. The van der Waals surface area contributed by atoms with E-state index in [2.05, 4.69) is 4.74 Å². The highest BCUT2D eigenvalue weighted by atomic mass is 19.4. The second-order valence-electron chi connectivity index (χ2n) is 4.76. The van der Waals surface area contributed by atoms with Crippen LogP contribution in [-0.2, 0) is 4.74 Å². The third-order valence-electron chi connectivity index (χ3n) is 3.59. The molecule has 0 radical (unpaired) electrons. The Morgan fingerprint density at radius 1 is 1.24 bits per heavy atom. The number of hydrogen-bond acceptors (Lipinski definition) is 2. The van der Waals surface area contributed by atoms with Crippen molar-refractivity contribution in [2.45, 2.75) is 44.3 Å². The SMILES string of the molecule is O=C(OCC(F)(F)F)N1CCCC2CCCC21. The zero-order chi connectivity index (χ0) is 12.5. The first-order valence-electron chi connectivity index (χ1n) is 5.97. The van der Waals surface area contributed by atoms with Crippen LogP contribution in [0.4, 0.5) is 18.0 Å². The van der Waals surface area contributed by atoms with E-state index in [1.807, 2.05) is 0 Å². The lowest BCUT2D eigenvalue weighted by atomic mass is 9.92. The van der Waals surface area contributed by atoms with Gasteiger partial charge in [-0.25, -0.2) is 4.79 Å². The van der Waals surface area contributed by atoms with Crippen molar-refractivity contribution < 1.29 is 22.7 Å². The summed E-state index contributed by atoms with van der Waals surface area (Å²) in [5.41, 5.74) is 0. The molecular formula is C11H16F3NO2. The number of ether oxygens (including phenoxy) is 1. The van der Waals surface area contributed by atoms with Gasteiger partial charge in [0.05, 0.1) is 0 Å². The molecule has 2 rings (SSSR count). The van der Waals surface area contributed by atoms with E-state index in [4.69, 9.17) is 0 Å². The summed E-state index contributed by atoms with van der Waals surface area (Å²) in [6.07, 6.45) is -0.284. The maximum absolute atomic E-state index is 12.0. The zero-order valence-corrected chi connectivity index (χ0v) is 9.50. The van der Waals surface area contributed by atoms with E-state index in [0.717, 1.165) is 32.1 Å². The van der Waals surface area contributed by atoms with Crippen LogP contribution in [-0.4, -0.2) is 36.4 Å². The Bertz CT molecular complexity index is 293. The number of nitrogens with zero attached hydrogens (tertiary/aromatic N) is 1. The zero-order valence-electron chi connectivity index (χ0n) is 9.50. The molecular weight excluding hydrogens is 235 g/mol. The predicted molar refractivity (Wildman–Crippen MR) is 54.5 cm³/mol. The molecule has 1 saturated carbocycles. The number of piperidine rings is 1. The Morgan fingerprint density at radius 3 is 2.65 bits per heavy atom. The summed E-state index contributed by atoms with van der Waals surface area (Å²) < 4.78 is 40.2. The first-order chi connectivity index (χ1) is 7.97. The quantitative estimate of drug-likeness (QED) is 0.717. The minimum atomic E-state index is -4.44. The largest absolute Gasteiger partial charge is 0.440 e. The number of halogens is 3. The molecule has 0 aromatic carbocycles. The molecule has 0 spiro atoms. The molecule has 1 amide bonds. The van der Waals surface area contributed by atoms with Gasteiger partial charge in [0.1, 0.15) is 0 Å². The molecule has 0 aromatic heterocycles. The average molecular weight is 251 g/mol. The molecule has 0 bridgehead atoms. The lowest BCUT2D eigenvalue weighted by Gasteiger charge is -2.36. The topological polar surface area (TPSA) is 29.5 Å². The summed E-state index contributed by atoms with van der Waals surface area (Å²) in [7, 11) is 0. The molecule has 98 valence electrons. The van der Waals surface area contributed by atoms with E-state index < -0.39 is 18.9 Å². The minimum Gasteiger partial charge on any atom is -0.440 e. The third kappa shape index (κ3) is 3.04. The van der Waals surface area contributed by atoms with Crippen molar-refractivity contribution in [2.24, 2.45) is 5.92 Å². The molecule has 2 atom stereocenters. The maximum atomic E-state index is 12.0. The molecule has 6 heteroatoms. The van der Waals surface area contributed by atoms with E-state index >= 15 is 0 Å². The van der Waals surface area contributed by atoms with Crippen LogP contribution in [0.15, 0.2) is 0 Å². The summed E-state index contributed by atoms with van der Waals surface area (Å²) in [4.78, 5) is 13.1. The summed E-state index contributed by atoms with van der Waals surface area (Å²) in [5, 5.41) is 0. The van der Waals surface area contributed by atoms with Crippen LogP contribution >= 0.6 is 0 Å². The second-order valence-corrected chi connectivity index (χ2v) is 4.76. The van der Waals surface area contributed by atoms with Crippen LogP contribution in [0, 0.1) is 5.92 Å². The molecule has 3 nitrogen and oxygen atoms in total. The molecule has 17 heavy (non-hydrogen) atoms. The van der Waals surface area contributed by atoms with E-state index in [1.54, 1.807) is 0 Å². The van der Waals surface area contributed by atoms with Crippen LogP contribution < -0.4 is 0 Å². The lowest BCUT2D eigenvalue weighted by molar-refractivity contribution is -0.163. The van der Waals surface area contributed by atoms with Crippen molar-refractivity contribution in [2.75, 3.05) is 13.2 Å². The van der Waals surface area contributed by atoms with Gasteiger partial charge in [-0.1, -0.05) is 6.42 Å². The van der Waals surface area contributed by atoms with E-state index in [9.17, 15) is 18.0 Å². The van der Waals surface area contributed by atoms with Gasteiger partial charge in [0.2, 0.25) is 0 Å². The molecule has 1 aliphatic heterocycles. The fourth-order valence-corrected chi connectivity index (χ4v) is 2.91. The van der Waals surface area contributed by atoms with Crippen LogP contribution in [0.1, 0.15) is 32.1 Å². The first kappa shape index (κ1) is 12.5. The van der Waals surface area contributed by atoms with Crippen LogP contribution in [0.25, 0.3) is 0 Å². The summed E-state index contributed by atoms with van der Waals surface area (Å²) in [6, 6.07) is 0.101. The monoisotopic (exact) mass is 251 g/mol. The number of amides is 1. The van der Waals surface area contributed by atoms with Gasteiger partial charge in [-0.2, -0.15) is 13.2 Å². The van der Waals surface area contributed by atoms with Crippen LogP contribution in [0.2, 0.25) is 0 Å². The van der Waals surface area contributed by atoms with Gasteiger partial charge in [0.15, 0.2) is 6.61 Å². The Morgan fingerprint density at radius 2 is 1.94 bits per heavy atom. The molecule has 1 saturated heterocycles. The second kappa shape index (κ2) is 4.74. The minimum absolute atomic E-state index is 0.101. The predicted octanol–water partition coefficient (Wildman–Crippen LogP) is 2.95. The molecule has 2 aliphatic rings.